The fourth-order valence-corrected chi connectivity index (χ4v) is 4.53. The van der Waals surface area contributed by atoms with Gasteiger partial charge >= 0.3 is 0 Å². The summed E-state index contributed by atoms with van der Waals surface area (Å²) < 4.78 is 31.0. The van der Waals surface area contributed by atoms with E-state index in [4.69, 9.17) is 4.74 Å². The zero-order chi connectivity index (χ0) is 14.6. The van der Waals surface area contributed by atoms with Gasteiger partial charge in [-0.3, -0.25) is 0 Å². The van der Waals surface area contributed by atoms with Crippen LogP contribution < -0.4 is 5.32 Å². The summed E-state index contributed by atoms with van der Waals surface area (Å²) in [6, 6.07) is 0.882. The highest BCUT2D eigenvalue weighted by Gasteiger charge is 2.34. The first-order valence-corrected chi connectivity index (χ1v) is 9.40. The van der Waals surface area contributed by atoms with Crippen LogP contribution in [0.25, 0.3) is 0 Å². The predicted molar refractivity (Wildman–Crippen MR) is 80.2 cm³/mol. The highest BCUT2D eigenvalue weighted by Crippen LogP contribution is 2.33. The molecule has 20 heavy (non-hydrogen) atoms. The van der Waals surface area contributed by atoms with Crippen molar-refractivity contribution in [2.24, 2.45) is 5.92 Å². The molecule has 0 aromatic heterocycles. The van der Waals surface area contributed by atoms with E-state index in [0.29, 0.717) is 31.6 Å². The molecule has 6 heteroatoms. The van der Waals surface area contributed by atoms with E-state index in [1.807, 2.05) is 6.92 Å². The Kier molecular flexibility index (Phi) is 5.84. The minimum Gasteiger partial charge on any atom is -0.383 e. The van der Waals surface area contributed by atoms with Gasteiger partial charge in [-0.15, -0.1) is 0 Å². The molecule has 1 N–H and O–H groups in total. The summed E-state index contributed by atoms with van der Waals surface area (Å²) >= 11 is 0. The lowest BCUT2D eigenvalue weighted by atomic mass is 10.0. The van der Waals surface area contributed by atoms with Crippen molar-refractivity contribution < 1.29 is 13.2 Å². The molecule has 0 amide bonds. The quantitative estimate of drug-likeness (QED) is 0.732. The second kappa shape index (κ2) is 7.20. The molecule has 1 unspecified atom stereocenters. The summed E-state index contributed by atoms with van der Waals surface area (Å²) in [6.45, 7) is 3.99. The molecule has 0 bridgehead atoms. The Morgan fingerprint density at radius 2 is 1.90 bits per heavy atom. The third-order valence-corrected chi connectivity index (χ3v) is 6.37. The SMILES string of the molecule is CCCS(=O)(=O)N1CCC(NC(COC)C2CC2)CC1. The molecule has 2 rings (SSSR count). The molecule has 0 radical (unpaired) electrons. The first kappa shape index (κ1) is 16.2. The van der Waals surface area contributed by atoms with Gasteiger partial charge in [-0.25, -0.2) is 12.7 Å². The lowest BCUT2D eigenvalue weighted by molar-refractivity contribution is 0.143. The number of rotatable bonds is 8. The van der Waals surface area contributed by atoms with Crippen molar-refractivity contribution in [1.29, 1.82) is 0 Å². The average Bonchev–Trinajstić information content (AvgIpc) is 3.23. The van der Waals surface area contributed by atoms with Crippen molar-refractivity contribution >= 4 is 10.0 Å². The van der Waals surface area contributed by atoms with Crippen LogP contribution in [-0.4, -0.2) is 57.4 Å². The molecule has 1 atom stereocenters. The van der Waals surface area contributed by atoms with E-state index in [0.717, 1.165) is 25.4 Å². The zero-order valence-electron chi connectivity index (χ0n) is 12.7. The van der Waals surface area contributed by atoms with E-state index in [2.05, 4.69) is 5.32 Å². The third-order valence-electron chi connectivity index (χ3n) is 4.30. The van der Waals surface area contributed by atoms with E-state index in [1.165, 1.54) is 12.8 Å². The number of hydrogen-bond donors (Lipinski definition) is 1. The second-order valence-electron chi connectivity index (χ2n) is 6.06. The minimum atomic E-state index is -3.02. The number of sulfonamides is 1. The summed E-state index contributed by atoms with van der Waals surface area (Å²) in [6.07, 6.45) is 5.11. The van der Waals surface area contributed by atoms with Crippen LogP contribution in [0.1, 0.15) is 39.0 Å². The fourth-order valence-electron chi connectivity index (χ4n) is 2.99. The minimum absolute atomic E-state index is 0.277. The van der Waals surface area contributed by atoms with Gasteiger partial charge in [-0.05, 0) is 38.0 Å². The van der Waals surface area contributed by atoms with Crippen LogP contribution in [0, 0.1) is 5.92 Å². The van der Waals surface area contributed by atoms with Crippen LogP contribution in [0.2, 0.25) is 0 Å². The Morgan fingerprint density at radius 3 is 2.40 bits per heavy atom. The number of methoxy groups -OCH3 is 1. The van der Waals surface area contributed by atoms with Crippen LogP contribution in [0.15, 0.2) is 0 Å². The van der Waals surface area contributed by atoms with Crippen molar-refractivity contribution in [3.05, 3.63) is 0 Å². The molecule has 0 aromatic rings. The van der Waals surface area contributed by atoms with E-state index in [-0.39, 0.29) is 5.75 Å². The van der Waals surface area contributed by atoms with Gasteiger partial charge < -0.3 is 10.1 Å². The molecule has 5 nitrogen and oxygen atoms in total. The van der Waals surface area contributed by atoms with Gasteiger partial charge in [0.15, 0.2) is 0 Å². The number of piperidine rings is 1. The number of ether oxygens (including phenoxy) is 1. The average molecular weight is 304 g/mol. The van der Waals surface area contributed by atoms with Gasteiger partial charge in [0, 0.05) is 32.3 Å². The maximum atomic E-state index is 12.0. The van der Waals surface area contributed by atoms with Gasteiger partial charge in [0.05, 0.1) is 12.4 Å². The molecular weight excluding hydrogens is 276 g/mol. The molecule has 1 saturated heterocycles. The molecule has 1 aliphatic heterocycles. The van der Waals surface area contributed by atoms with E-state index in [9.17, 15) is 8.42 Å². The first-order chi connectivity index (χ1) is 9.56. The van der Waals surface area contributed by atoms with E-state index < -0.39 is 10.0 Å². The number of hydrogen-bond acceptors (Lipinski definition) is 4. The number of nitrogens with zero attached hydrogens (tertiary/aromatic N) is 1. The molecular formula is C14H28N2O3S. The van der Waals surface area contributed by atoms with Crippen molar-refractivity contribution in [3.63, 3.8) is 0 Å². The van der Waals surface area contributed by atoms with Crippen molar-refractivity contribution in [1.82, 2.24) is 9.62 Å². The van der Waals surface area contributed by atoms with Gasteiger partial charge in [-0.2, -0.15) is 0 Å². The summed E-state index contributed by atoms with van der Waals surface area (Å²) in [7, 11) is -1.27. The normalized spacial score (nSPS) is 23.9. The summed E-state index contributed by atoms with van der Waals surface area (Å²) in [5.74, 6) is 1.04. The molecule has 1 heterocycles. The van der Waals surface area contributed by atoms with Crippen LogP contribution in [0.5, 0.6) is 0 Å². The maximum absolute atomic E-state index is 12.0. The van der Waals surface area contributed by atoms with Crippen molar-refractivity contribution in [2.75, 3.05) is 32.6 Å². The van der Waals surface area contributed by atoms with Gasteiger partial charge in [-0.1, -0.05) is 6.92 Å². The zero-order valence-corrected chi connectivity index (χ0v) is 13.5. The molecule has 0 spiro atoms. The van der Waals surface area contributed by atoms with Crippen LogP contribution in [0.3, 0.4) is 0 Å². The smallest absolute Gasteiger partial charge is 0.214 e. The Bertz CT molecular complexity index is 387. The van der Waals surface area contributed by atoms with E-state index in [1.54, 1.807) is 11.4 Å². The van der Waals surface area contributed by atoms with Crippen molar-refractivity contribution in [3.8, 4) is 0 Å². The van der Waals surface area contributed by atoms with Gasteiger partial charge in [0.25, 0.3) is 0 Å². The Labute approximate surface area is 123 Å². The Morgan fingerprint density at radius 1 is 1.25 bits per heavy atom. The fraction of sp³-hybridized carbons (Fsp3) is 1.00. The lowest BCUT2D eigenvalue weighted by Crippen LogP contribution is -2.49. The summed E-state index contributed by atoms with van der Waals surface area (Å²) in [5.41, 5.74) is 0. The molecule has 1 saturated carbocycles. The van der Waals surface area contributed by atoms with Crippen LogP contribution in [-0.2, 0) is 14.8 Å². The number of nitrogens with one attached hydrogen (secondary N) is 1. The molecule has 2 fully saturated rings. The van der Waals surface area contributed by atoms with Crippen LogP contribution in [0.4, 0.5) is 0 Å². The largest absolute Gasteiger partial charge is 0.383 e. The van der Waals surface area contributed by atoms with Gasteiger partial charge in [0.2, 0.25) is 10.0 Å². The van der Waals surface area contributed by atoms with Crippen molar-refractivity contribution in [2.45, 2.75) is 51.1 Å². The monoisotopic (exact) mass is 304 g/mol. The highest BCUT2D eigenvalue weighted by molar-refractivity contribution is 7.89. The van der Waals surface area contributed by atoms with E-state index >= 15 is 0 Å². The Hall–Kier alpha value is -0.170. The molecule has 0 aromatic carbocycles. The summed E-state index contributed by atoms with van der Waals surface area (Å²) in [4.78, 5) is 0. The first-order valence-electron chi connectivity index (χ1n) is 7.79. The highest BCUT2D eigenvalue weighted by atomic mass is 32.2. The third kappa shape index (κ3) is 4.41. The molecule has 118 valence electrons. The van der Waals surface area contributed by atoms with Gasteiger partial charge in [0.1, 0.15) is 0 Å². The van der Waals surface area contributed by atoms with Crippen LogP contribution >= 0.6 is 0 Å². The summed E-state index contributed by atoms with van der Waals surface area (Å²) in [5, 5.41) is 3.68. The topological polar surface area (TPSA) is 58.6 Å². The predicted octanol–water partition coefficient (Wildman–Crippen LogP) is 1.21. The standard InChI is InChI=1S/C14H28N2O3S/c1-3-10-20(17,18)16-8-6-13(7-9-16)15-14(11-19-2)12-4-5-12/h12-15H,3-11H2,1-2H3. The maximum Gasteiger partial charge on any atom is 0.214 e. The molecule has 1 aliphatic carbocycles. The Balaban J connectivity index is 1.78. The second-order valence-corrected chi connectivity index (χ2v) is 8.14. The lowest BCUT2D eigenvalue weighted by Gasteiger charge is -2.34. The molecule has 2 aliphatic rings.